The zero-order chi connectivity index (χ0) is 14.8. The molecule has 0 amide bonds. The standard InChI is InChI=1S/C18H17NO3/c1-3-7-13(8-4-1)17-15-11-20-18(14-9-5-2-6-10-14)21-12-16(15)22-19-17/h1-10,15-16,18H,11-12H2/t15-,16+,18-/m0/s1. The maximum absolute atomic E-state index is 5.97. The van der Waals surface area contributed by atoms with Crippen LogP contribution in [0.4, 0.5) is 0 Å². The highest BCUT2D eigenvalue weighted by molar-refractivity contribution is 6.03. The van der Waals surface area contributed by atoms with Gasteiger partial charge >= 0.3 is 0 Å². The van der Waals surface area contributed by atoms with E-state index in [9.17, 15) is 0 Å². The molecule has 2 aromatic carbocycles. The van der Waals surface area contributed by atoms with Crippen LogP contribution in [0.25, 0.3) is 0 Å². The predicted octanol–water partition coefficient (Wildman–Crippen LogP) is 3.15. The minimum Gasteiger partial charge on any atom is -0.389 e. The van der Waals surface area contributed by atoms with Gasteiger partial charge in [-0.1, -0.05) is 65.8 Å². The molecule has 0 bridgehead atoms. The van der Waals surface area contributed by atoms with Crippen molar-refractivity contribution in [3.8, 4) is 0 Å². The third-order valence-electron chi connectivity index (χ3n) is 4.07. The van der Waals surface area contributed by atoms with Gasteiger partial charge in [-0.15, -0.1) is 0 Å². The maximum atomic E-state index is 5.97. The molecule has 2 aliphatic heterocycles. The number of oxime groups is 1. The van der Waals surface area contributed by atoms with Gasteiger partial charge in [-0.25, -0.2) is 0 Å². The molecule has 0 N–H and O–H groups in total. The largest absolute Gasteiger partial charge is 0.389 e. The summed E-state index contributed by atoms with van der Waals surface area (Å²) in [5.74, 6) is 0.108. The summed E-state index contributed by atoms with van der Waals surface area (Å²) in [6.45, 7) is 1.02. The molecule has 0 aromatic heterocycles. The van der Waals surface area contributed by atoms with Gasteiger partial charge in [-0.3, -0.25) is 0 Å². The van der Waals surface area contributed by atoms with E-state index in [0.29, 0.717) is 13.2 Å². The van der Waals surface area contributed by atoms with Crippen LogP contribution in [-0.4, -0.2) is 25.0 Å². The van der Waals surface area contributed by atoms with Crippen LogP contribution in [0, 0.1) is 5.92 Å². The fourth-order valence-electron chi connectivity index (χ4n) is 2.87. The van der Waals surface area contributed by atoms with Gasteiger partial charge in [0.05, 0.1) is 24.8 Å². The molecule has 0 radical (unpaired) electrons. The highest BCUT2D eigenvalue weighted by atomic mass is 16.7. The molecule has 2 heterocycles. The number of ether oxygens (including phenoxy) is 2. The Hall–Kier alpha value is -2.17. The van der Waals surface area contributed by atoms with Crippen molar-refractivity contribution >= 4 is 5.71 Å². The molecule has 0 unspecified atom stereocenters. The summed E-state index contributed by atoms with van der Waals surface area (Å²) >= 11 is 0. The van der Waals surface area contributed by atoms with Gasteiger partial charge in [-0.05, 0) is 5.56 Å². The Morgan fingerprint density at radius 3 is 2.27 bits per heavy atom. The fourth-order valence-corrected chi connectivity index (χ4v) is 2.87. The van der Waals surface area contributed by atoms with E-state index >= 15 is 0 Å². The Kier molecular flexibility index (Phi) is 3.62. The number of fused-ring (bicyclic) bond motifs is 1. The smallest absolute Gasteiger partial charge is 0.184 e. The molecule has 0 aliphatic carbocycles. The Bertz CT molecular complexity index is 657. The Balaban J connectivity index is 1.53. The Morgan fingerprint density at radius 1 is 0.818 bits per heavy atom. The lowest BCUT2D eigenvalue weighted by atomic mass is 9.93. The van der Waals surface area contributed by atoms with Gasteiger partial charge < -0.3 is 14.3 Å². The van der Waals surface area contributed by atoms with E-state index in [1.807, 2.05) is 60.7 Å². The van der Waals surface area contributed by atoms with Crippen LogP contribution in [0.1, 0.15) is 17.4 Å². The molecule has 0 saturated carbocycles. The van der Waals surface area contributed by atoms with Gasteiger partial charge in [0.1, 0.15) is 0 Å². The third-order valence-corrected chi connectivity index (χ3v) is 4.07. The highest BCUT2D eigenvalue weighted by Gasteiger charge is 2.39. The van der Waals surface area contributed by atoms with Crippen molar-refractivity contribution in [3.63, 3.8) is 0 Å². The second-order valence-electron chi connectivity index (χ2n) is 5.50. The summed E-state index contributed by atoms with van der Waals surface area (Å²) in [6, 6.07) is 20.1. The van der Waals surface area contributed by atoms with Crippen LogP contribution in [0.2, 0.25) is 0 Å². The van der Waals surface area contributed by atoms with Crippen LogP contribution in [0.3, 0.4) is 0 Å². The van der Waals surface area contributed by atoms with E-state index in [4.69, 9.17) is 14.3 Å². The van der Waals surface area contributed by atoms with Crippen LogP contribution in [0.15, 0.2) is 65.8 Å². The number of nitrogens with zero attached hydrogens (tertiary/aromatic N) is 1. The number of hydrogen-bond donors (Lipinski definition) is 0. The summed E-state index contributed by atoms with van der Waals surface area (Å²) in [7, 11) is 0. The van der Waals surface area contributed by atoms with Crippen molar-refractivity contribution in [2.75, 3.05) is 13.2 Å². The summed E-state index contributed by atoms with van der Waals surface area (Å²) in [5.41, 5.74) is 3.06. The molecule has 22 heavy (non-hydrogen) atoms. The topological polar surface area (TPSA) is 40.0 Å². The zero-order valence-electron chi connectivity index (χ0n) is 12.1. The SMILES string of the molecule is c1ccc(C2=NO[C@@H]3CO[C@@H](c4ccccc4)OC[C@H]23)cc1. The van der Waals surface area contributed by atoms with E-state index in [-0.39, 0.29) is 18.3 Å². The van der Waals surface area contributed by atoms with E-state index in [2.05, 4.69) is 5.16 Å². The third kappa shape index (κ3) is 2.51. The highest BCUT2D eigenvalue weighted by Crippen LogP contribution is 2.31. The van der Waals surface area contributed by atoms with Crippen molar-refractivity contribution in [1.82, 2.24) is 0 Å². The van der Waals surface area contributed by atoms with Gasteiger partial charge in [0.25, 0.3) is 0 Å². The molecule has 112 valence electrons. The average molecular weight is 295 g/mol. The van der Waals surface area contributed by atoms with Crippen LogP contribution in [-0.2, 0) is 14.3 Å². The monoisotopic (exact) mass is 295 g/mol. The molecule has 1 saturated heterocycles. The molecule has 4 rings (SSSR count). The van der Waals surface area contributed by atoms with Gasteiger partial charge in [0.2, 0.25) is 0 Å². The Labute approximate surface area is 129 Å². The van der Waals surface area contributed by atoms with Gasteiger partial charge in [0, 0.05) is 5.56 Å². The maximum Gasteiger partial charge on any atom is 0.184 e. The lowest BCUT2D eigenvalue weighted by molar-refractivity contribution is -0.139. The second kappa shape index (κ2) is 5.91. The second-order valence-corrected chi connectivity index (χ2v) is 5.50. The molecular formula is C18H17NO3. The summed E-state index contributed by atoms with van der Waals surface area (Å²) in [6.07, 6.45) is -0.420. The van der Waals surface area contributed by atoms with E-state index in [0.717, 1.165) is 16.8 Å². The quantitative estimate of drug-likeness (QED) is 0.854. The zero-order valence-corrected chi connectivity index (χ0v) is 12.1. The van der Waals surface area contributed by atoms with Crippen molar-refractivity contribution in [3.05, 3.63) is 71.8 Å². The van der Waals surface area contributed by atoms with E-state index in [1.54, 1.807) is 0 Å². The number of rotatable bonds is 2. The van der Waals surface area contributed by atoms with Gasteiger partial charge in [-0.2, -0.15) is 0 Å². The fraction of sp³-hybridized carbons (Fsp3) is 0.278. The van der Waals surface area contributed by atoms with Crippen molar-refractivity contribution in [1.29, 1.82) is 0 Å². The summed E-state index contributed by atoms with van der Waals surface area (Å²) < 4.78 is 11.8. The lowest BCUT2D eigenvalue weighted by Crippen LogP contribution is -2.29. The molecular weight excluding hydrogens is 278 g/mol. The van der Waals surface area contributed by atoms with Crippen molar-refractivity contribution in [2.24, 2.45) is 11.1 Å². The van der Waals surface area contributed by atoms with Crippen LogP contribution >= 0.6 is 0 Å². The minimum atomic E-state index is -0.340. The molecule has 1 fully saturated rings. The normalized spacial score (nSPS) is 27.5. The average Bonchev–Trinajstić information content (AvgIpc) is 2.88. The molecule has 3 atom stereocenters. The van der Waals surface area contributed by atoms with Crippen molar-refractivity contribution < 1.29 is 14.3 Å². The van der Waals surface area contributed by atoms with E-state index in [1.165, 1.54) is 0 Å². The summed E-state index contributed by atoms with van der Waals surface area (Å²) in [5, 5.41) is 4.25. The number of benzene rings is 2. The first kappa shape index (κ1) is 13.5. The van der Waals surface area contributed by atoms with Gasteiger partial charge in [0.15, 0.2) is 12.4 Å². The van der Waals surface area contributed by atoms with E-state index < -0.39 is 0 Å². The first-order valence-corrected chi connectivity index (χ1v) is 7.49. The molecule has 4 heteroatoms. The van der Waals surface area contributed by atoms with Crippen molar-refractivity contribution in [2.45, 2.75) is 12.4 Å². The first-order chi connectivity index (χ1) is 10.9. The Morgan fingerprint density at radius 2 is 1.50 bits per heavy atom. The van der Waals surface area contributed by atoms with Crippen LogP contribution < -0.4 is 0 Å². The molecule has 4 nitrogen and oxygen atoms in total. The summed E-state index contributed by atoms with van der Waals surface area (Å²) in [4.78, 5) is 5.57. The molecule has 2 aliphatic rings. The first-order valence-electron chi connectivity index (χ1n) is 7.49. The lowest BCUT2D eigenvalue weighted by Gasteiger charge is -2.16. The molecule has 2 aromatic rings. The predicted molar refractivity (Wildman–Crippen MR) is 82.4 cm³/mol. The molecule has 0 spiro atoms. The minimum absolute atomic E-state index is 0.0797. The number of hydrogen-bond acceptors (Lipinski definition) is 4. The van der Waals surface area contributed by atoms with Crippen LogP contribution in [0.5, 0.6) is 0 Å².